The van der Waals surface area contributed by atoms with Gasteiger partial charge in [0.2, 0.25) is 0 Å². The van der Waals surface area contributed by atoms with Crippen molar-refractivity contribution in [3.63, 3.8) is 0 Å². The van der Waals surface area contributed by atoms with E-state index in [4.69, 9.17) is 19.8 Å². The number of nitrogens with one attached hydrogen (secondary N) is 2. The fourth-order valence-electron chi connectivity index (χ4n) is 3.07. The summed E-state index contributed by atoms with van der Waals surface area (Å²) in [6.45, 7) is 1.93. The van der Waals surface area contributed by atoms with E-state index in [1.54, 1.807) is 60.7 Å². The molecule has 0 bridgehead atoms. The van der Waals surface area contributed by atoms with Gasteiger partial charge in [-0.3, -0.25) is 20.1 Å². The third-order valence-electron chi connectivity index (χ3n) is 4.74. The second-order valence-electron chi connectivity index (χ2n) is 7.22. The largest absolute Gasteiger partial charge is 0.491 e. The Morgan fingerprint density at radius 2 is 1.76 bits per heavy atom. The molecule has 4 N–H and O–H groups in total. The molecule has 2 atom stereocenters. The highest BCUT2D eigenvalue weighted by molar-refractivity contribution is 6.02. The lowest BCUT2D eigenvalue weighted by molar-refractivity contribution is -0.124. The summed E-state index contributed by atoms with van der Waals surface area (Å²) < 4.78 is 11.0. The molecule has 0 saturated carbocycles. The highest BCUT2D eigenvalue weighted by Gasteiger charge is 2.24. The molecule has 2 aromatic rings. The standard InChI is InChI=1S/C24H28N2O7/c1-17(7-5-6-10-21(28)26-31)22(18-11-13-20(14-12-18)32-16-15-27)33-24(30)25-23(29)19-8-3-2-4-9-19/h2-4,6,8-14,17,22,27,31H,5,7,15-16H2,1H3,(H,26,28)(H,25,29,30)/b10-6+/t17-,22+/m0/s1. The molecule has 0 aromatic heterocycles. The lowest BCUT2D eigenvalue weighted by Gasteiger charge is -2.24. The van der Waals surface area contributed by atoms with Crippen LogP contribution < -0.4 is 15.5 Å². The van der Waals surface area contributed by atoms with Crippen LogP contribution in [-0.4, -0.2) is 41.4 Å². The second-order valence-corrected chi connectivity index (χ2v) is 7.22. The van der Waals surface area contributed by atoms with Crippen LogP contribution in [-0.2, 0) is 9.53 Å². The Kier molecular flexibility index (Phi) is 10.6. The Labute approximate surface area is 192 Å². The molecule has 0 aliphatic rings. The van der Waals surface area contributed by atoms with E-state index in [0.717, 1.165) is 0 Å². The molecular weight excluding hydrogens is 428 g/mol. The zero-order chi connectivity index (χ0) is 24.1. The molecular formula is C24H28N2O7. The average molecular weight is 456 g/mol. The van der Waals surface area contributed by atoms with Crippen molar-refractivity contribution in [2.24, 2.45) is 5.92 Å². The minimum atomic E-state index is -0.878. The van der Waals surface area contributed by atoms with Crippen molar-refractivity contribution in [2.75, 3.05) is 13.2 Å². The molecule has 9 heteroatoms. The predicted molar refractivity (Wildman–Crippen MR) is 120 cm³/mol. The predicted octanol–water partition coefficient (Wildman–Crippen LogP) is 3.14. The first-order valence-corrected chi connectivity index (χ1v) is 10.5. The van der Waals surface area contributed by atoms with E-state index >= 15 is 0 Å². The minimum Gasteiger partial charge on any atom is -0.491 e. The molecule has 2 aromatic carbocycles. The molecule has 0 unspecified atom stereocenters. The maximum atomic E-state index is 12.5. The molecule has 9 nitrogen and oxygen atoms in total. The van der Waals surface area contributed by atoms with Gasteiger partial charge in [-0.05, 0) is 48.6 Å². The maximum Gasteiger partial charge on any atom is 0.414 e. The Bertz CT molecular complexity index is 930. The van der Waals surface area contributed by atoms with Gasteiger partial charge < -0.3 is 14.6 Å². The number of carbonyl (C=O) groups is 3. The van der Waals surface area contributed by atoms with Crippen LogP contribution in [0.2, 0.25) is 0 Å². The number of carbonyl (C=O) groups excluding carboxylic acids is 3. The van der Waals surface area contributed by atoms with Crippen molar-refractivity contribution in [1.29, 1.82) is 0 Å². The van der Waals surface area contributed by atoms with Gasteiger partial charge in [0.15, 0.2) is 0 Å². The van der Waals surface area contributed by atoms with Crippen molar-refractivity contribution in [2.45, 2.75) is 25.9 Å². The number of hydroxylamine groups is 1. The van der Waals surface area contributed by atoms with Crippen LogP contribution in [0.3, 0.4) is 0 Å². The topological polar surface area (TPSA) is 134 Å². The highest BCUT2D eigenvalue weighted by Crippen LogP contribution is 2.31. The number of allylic oxidation sites excluding steroid dienone is 1. The molecule has 2 rings (SSSR count). The van der Waals surface area contributed by atoms with Crippen molar-refractivity contribution in [1.82, 2.24) is 10.8 Å². The lowest BCUT2D eigenvalue weighted by Crippen LogP contribution is -2.33. The number of aliphatic hydroxyl groups is 1. The third kappa shape index (κ3) is 8.76. The number of benzene rings is 2. The number of hydrogen-bond acceptors (Lipinski definition) is 7. The van der Waals surface area contributed by atoms with Gasteiger partial charge >= 0.3 is 6.09 Å². The number of amides is 3. The quantitative estimate of drug-likeness (QED) is 0.232. The number of hydrogen-bond donors (Lipinski definition) is 4. The van der Waals surface area contributed by atoms with Crippen LogP contribution in [0.4, 0.5) is 4.79 Å². The molecule has 0 heterocycles. The fourth-order valence-corrected chi connectivity index (χ4v) is 3.07. The van der Waals surface area contributed by atoms with Crippen LogP contribution in [0.5, 0.6) is 5.75 Å². The number of aliphatic hydroxyl groups excluding tert-OH is 1. The van der Waals surface area contributed by atoms with E-state index in [0.29, 0.717) is 29.7 Å². The van der Waals surface area contributed by atoms with Gasteiger partial charge in [-0.15, -0.1) is 0 Å². The number of imide groups is 1. The molecule has 0 radical (unpaired) electrons. The zero-order valence-corrected chi connectivity index (χ0v) is 18.3. The minimum absolute atomic E-state index is 0.109. The van der Waals surface area contributed by atoms with Crippen LogP contribution in [0.25, 0.3) is 0 Å². The van der Waals surface area contributed by atoms with E-state index in [-0.39, 0.29) is 19.1 Å². The Balaban J connectivity index is 2.10. The van der Waals surface area contributed by atoms with Gasteiger partial charge in [0, 0.05) is 11.6 Å². The van der Waals surface area contributed by atoms with Crippen molar-refractivity contribution >= 4 is 17.9 Å². The molecule has 0 aliphatic carbocycles. The maximum absolute atomic E-state index is 12.5. The lowest BCUT2D eigenvalue weighted by atomic mass is 9.93. The summed E-state index contributed by atoms with van der Waals surface area (Å²) in [5, 5.41) is 19.7. The summed E-state index contributed by atoms with van der Waals surface area (Å²) in [5.74, 6) is -0.820. The molecule has 3 amide bonds. The van der Waals surface area contributed by atoms with Crippen LogP contribution in [0.1, 0.15) is 41.8 Å². The Hall–Kier alpha value is -3.69. The first-order valence-electron chi connectivity index (χ1n) is 10.5. The van der Waals surface area contributed by atoms with E-state index in [2.05, 4.69) is 5.32 Å². The molecule has 0 aliphatic heterocycles. The molecule has 33 heavy (non-hydrogen) atoms. The third-order valence-corrected chi connectivity index (χ3v) is 4.74. The van der Waals surface area contributed by atoms with E-state index in [1.807, 2.05) is 6.92 Å². The number of ether oxygens (including phenoxy) is 2. The van der Waals surface area contributed by atoms with Gasteiger partial charge in [-0.25, -0.2) is 10.3 Å². The van der Waals surface area contributed by atoms with E-state index in [9.17, 15) is 14.4 Å². The molecule has 0 saturated heterocycles. The summed E-state index contributed by atoms with van der Waals surface area (Å²) in [5.41, 5.74) is 2.54. The summed E-state index contributed by atoms with van der Waals surface area (Å²) in [6.07, 6.45) is 2.31. The van der Waals surface area contributed by atoms with Gasteiger partial charge in [0.25, 0.3) is 11.8 Å². The summed E-state index contributed by atoms with van der Waals surface area (Å²) >= 11 is 0. The van der Waals surface area contributed by atoms with Gasteiger partial charge in [0.05, 0.1) is 6.61 Å². The van der Waals surface area contributed by atoms with Crippen molar-refractivity contribution in [3.05, 3.63) is 77.9 Å². The Morgan fingerprint density at radius 3 is 2.39 bits per heavy atom. The molecule has 176 valence electrons. The molecule has 0 spiro atoms. The van der Waals surface area contributed by atoms with Crippen molar-refractivity contribution < 1.29 is 34.2 Å². The number of rotatable bonds is 11. The van der Waals surface area contributed by atoms with Crippen LogP contribution in [0.15, 0.2) is 66.7 Å². The fraction of sp³-hybridized carbons (Fsp3) is 0.292. The van der Waals surface area contributed by atoms with Gasteiger partial charge in [0.1, 0.15) is 18.5 Å². The number of alkyl carbamates (subject to hydrolysis) is 1. The summed E-state index contributed by atoms with van der Waals surface area (Å²) in [6, 6.07) is 15.2. The SMILES string of the molecule is C[C@@H](CC/C=C/C(=O)NO)[C@@H](OC(=O)NC(=O)c1ccccc1)c1ccc(OCCO)cc1. The Morgan fingerprint density at radius 1 is 1.06 bits per heavy atom. The zero-order valence-electron chi connectivity index (χ0n) is 18.3. The average Bonchev–Trinajstić information content (AvgIpc) is 2.84. The highest BCUT2D eigenvalue weighted by atomic mass is 16.6. The second kappa shape index (κ2) is 13.7. The van der Waals surface area contributed by atoms with Gasteiger partial charge in [-0.1, -0.05) is 43.3 Å². The van der Waals surface area contributed by atoms with Crippen molar-refractivity contribution in [3.8, 4) is 5.75 Å². The first kappa shape index (κ1) is 25.6. The van der Waals surface area contributed by atoms with Crippen LogP contribution >= 0.6 is 0 Å². The smallest absolute Gasteiger partial charge is 0.414 e. The summed E-state index contributed by atoms with van der Waals surface area (Å²) in [7, 11) is 0. The summed E-state index contributed by atoms with van der Waals surface area (Å²) in [4.78, 5) is 35.9. The van der Waals surface area contributed by atoms with Crippen LogP contribution in [0, 0.1) is 5.92 Å². The normalized spacial score (nSPS) is 12.6. The van der Waals surface area contributed by atoms with E-state index < -0.39 is 24.0 Å². The van der Waals surface area contributed by atoms with Gasteiger partial charge in [-0.2, -0.15) is 0 Å². The van der Waals surface area contributed by atoms with E-state index in [1.165, 1.54) is 11.6 Å². The first-order chi connectivity index (χ1) is 15.9. The monoisotopic (exact) mass is 456 g/mol. The molecule has 0 fully saturated rings.